The average Bonchev–Trinajstić information content (AvgIpc) is 2.72. The Bertz CT molecular complexity index is 434. The molecule has 1 aliphatic rings. The zero-order chi connectivity index (χ0) is 13.1. The summed E-state index contributed by atoms with van der Waals surface area (Å²) in [6.45, 7) is 5.97. The number of nitrogens with one attached hydrogen (secondary N) is 1. The highest BCUT2D eigenvalue weighted by Gasteiger charge is 2.19. The van der Waals surface area contributed by atoms with Crippen molar-refractivity contribution in [2.45, 2.75) is 45.3 Å². The van der Waals surface area contributed by atoms with Gasteiger partial charge in [-0.2, -0.15) is 0 Å². The second kappa shape index (κ2) is 5.84. The normalized spacial score (nSPS) is 20.3. The Morgan fingerprint density at radius 1 is 1.56 bits per heavy atom. The lowest BCUT2D eigenvalue weighted by Gasteiger charge is -2.28. The standard InChI is InChI=1S/C12H22N4OS/c1-9(2)16-11(13-14-12(16)18)15(3)8-10-6-4-5-7-17-10/h9-10H,4-8H2,1-3H3,(H,14,18). The minimum Gasteiger partial charge on any atom is -0.376 e. The molecule has 0 aliphatic carbocycles. The van der Waals surface area contributed by atoms with E-state index in [9.17, 15) is 0 Å². The third-order valence-corrected chi connectivity index (χ3v) is 3.58. The maximum atomic E-state index is 5.76. The van der Waals surface area contributed by atoms with Crippen molar-refractivity contribution < 1.29 is 4.74 Å². The molecule has 1 saturated heterocycles. The molecular weight excluding hydrogens is 248 g/mol. The van der Waals surface area contributed by atoms with Gasteiger partial charge >= 0.3 is 0 Å². The Balaban J connectivity index is 2.08. The summed E-state index contributed by atoms with van der Waals surface area (Å²) in [6, 6.07) is 0.306. The summed E-state index contributed by atoms with van der Waals surface area (Å²) in [5, 5.41) is 7.19. The van der Waals surface area contributed by atoms with Crippen molar-refractivity contribution in [2.75, 3.05) is 25.1 Å². The molecule has 0 amide bonds. The van der Waals surface area contributed by atoms with Crippen LogP contribution >= 0.6 is 12.2 Å². The number of aromatic nitrogens is 3. The van der Waals surface area contributed by atoms with Crippen LogP contribution in [0.4, 0.5) is 5.95 Å². The Hall–Kier alpha value is -0.880. The van der Waals surface area contributed by atoms with Gasteiger partial charge in [0.25, 0.3) is 0 Å². The van der Waals surface area contributed by atoms with Crippen LogP contribution in [0.15, 0.2) is 0 Å². The first-order valence-electron chi connectivity index (χ1n) is 6.59. The summed E-state index contributed by atoms with van der Waals surface area (Å²) in [5.41, 5.74) is 0. The lowest BCUT2D eigenvalue weighted by Crippen LogP contribution is -2.35. The van der Waals surface area contributed by atoms with Gasteiger partial charge in [0.2, 0.25) is 5.95 Å². The fourth-order valence-corrected chi connectivity index (χ4v) is 2.71. The summed E-state index contributed by atoms with van der Waals surface area (Å²) in [4.78, 5) is 2.13. The summed E-state index contributed by atoms with van der Waals surface area (Å²) in [7, 11) is 2.04. The topological polar surface area (TPSA) is 46.1 Å². The van der Waals surface area contributed by atoms with Crippen molar-refractivity contribution in [1.82, 2.24) is 14.8 Å². The van der Waals surface area contributed by atoms with Gasteiger partial charge in [-0.15, -0.1) is 5.10 Å². The molecule has 1 fully saturated rings. The van der Waals surface area contributed by atoms with Crippen LogP contribution in [0.5, 0.6) is 0 Å². The van der Waals surface area contributed by atoms with Gasteiger partial charge in [0, 0.05) is 26.2 Å². The van der Waals surface area contributed by atoms with Gasteiger partial charge in [0.15, 0.2) is 4.77 Å². The van der Waals surface area contributed by atoms with E-state index in [1.54, 1.807) is 0 Å². The second-order valence-corrected chi connectivity index (χ2v) is 5.55. The molecule has 0 bridgehead atoms. The number of H-pyrrole nitrogens is 1. The van der Waals surface area contributed by atoms with Crippen molar-refractivity contribution in [3.05, 3.63) is 4.77 Å². The van der Waals surface area contributed by atoms with Crippen LogP contribution in [0.3, 0.4) is 0 Å². The molecule has 1 aromatic rings. The Kier molecular flexibility index (Phi) is 4.40. The van der Waals surface area contributed by atoms with Crippen LogP contribution < -0.4 is 4.90 Å². The molecule has 1 unspecified atom stereocenters. The molecule has 1 N–H and O–H groups in total. The number of anilines is 1. The van der Waals surface area contributed by atoms with Gasteiger partial charge in [0.1, 0.15) is 0 Å². The summed E-state index contributed by atoms with van der Waals surface area (Å²) in [6.07, 6.45) is 3.90. The van der Waals surface area contributed by atoms with Crippen molar-refractivity contribution in [1.29, 1.82) is 0 Å². The first-order valence-corrected chi connectivity index (χ1v) is 7.00. The molecule has 102 valence electrons. The van der Waals surface area contributed by atoms with Gasteiger partial charge in [0.05, 0.1) is 6.10 Å². The second-order valence-electron chi connectivity index (χ2n) is 5.16. The van der Waals surface area contributed by atoms with Gasteiger partial charge in [-0.3, -0.25) is 4.57 Å². The maximum Gasteiger partial charge on any atom is 0.225 e. The molecule has 0 spiro atoms. The van der Waals surface area contributed by atoms with Crippen LogP contribution in [0.2, 0.25) is 0 Å². The number of likely N-dealkylation sites (N-methyl/N-ethyl adjacent to an activating group) is 1. The van der Waals surface area contributed by atoms with Crippen LogP contribution in [0, 0.1) is 4.77 Å². The van der Waals surface area contributed by atoms with E-state index in [1.165, 1.54) is 12.8 Å². The summed E-state index contributed by atoms with van der Waals surface area (Å²) < 4.78 is 8.48. The number of rotatable bonds is 4. The predicted octanol–water partition coefficient (Wildman–Crippen LogP) is 2.53. The van der Waals surface area contributed by atoms with Crippen LogP contribution in [0.1, 0.15) is 39.2 Å². The zero-order valence-electron chi connectivity index (χ0n) is 11.3. The predicted molar refractivity (Wildman–Crippen MR) is 74.7 cm³/mol. The number of hydrogen-bond acceptors (Lipinski definition) is 4. The first-order chi connectivity index (χ1) is 8.59. The van der Waals surface area contributed by atoms with E-state index in [-0.39, 0.29) is 0 Å². The average molecular weight is 270 g/mol. The molecule has 2 heterocycles. The van der Waals surface area contributed by atoms with Gasteiger partial charge < -0.3 is 9.64 Å². The quantitative estimate of drug-likeness (QED) is 0.854. The number of hydrogen-bond donors (Lipinski definition) is 1. The van der Waals surface area contributed by atoms with E-state index in [0.717, 1.165) is 25.5 Å². The van der Waals surface area contributed by atoms with E-state index in [4.69, 9.17) is 17.0 Å². The molecular formula is C12H22N4OS. The Labute approximate surface area is 113 Å². The third-order valence-electron chi connectivity index (χ3n) is 3.30. The fourth-order valence-electron chi connectivity index (χ4n) is 2.37. The van der Waals surface area contributed by atoms with Gasteiger partial charge in [-0.1, -0.05) is 0 Å². The van der Waals surface area contributed by atoms with Crippen molar-refractivity contribution in [3.8, 4) is 0 Å². The molecule has 2 rings (SSSR count). The smallest absolute Gasteiger partial charge is 0.225 e. The fraction of sp³-hybridized carbons (Fsp3) is 0.833. The van der Waals surface area contributed by atoms with E-state index in [0.29, 0.717) is 16.9 Å². The summed E-state index contributed by atoms with van der Waals surface area (Å²) >= 11 is 5.26. The Morgan fingerprint density at radius 3 is 2.94 bits per heavy atom. The Morgan fingerprint density at radius 2 is 2.33 bits per heavy atom. The van der Waals surface area contributed by atoms with Gasteiger partial charge in [-0.25, -0.2) is 5.10 Å². The number of nitrogens with zero attached hydrogens (tertiary/aromatic N) is 3. The highest BCUT2D eigenvalue weighted by molar-refractivity contribution is 7.71. The van der Waals surface area contributed by atoms with Crippen molar-refractivity contribution in [3.63, 3.8) is 0 Å². The lowest BCUT2D eigenvalue weighted by atomic mass is 10.1. The van der Waals surface area contributed by atoms with E-state index in [2.05, 4.69) is 28.9 Å². The van der Waals surface area contributed by atoms with Crippen molar-refractivity contribution >= 4 is 18.2 Å². The van der Waals surface area contributed by atoms with E-state index in [1.807, 2.05) is 11.6 Å². The molecule has 0 aromatic carbocycles. The molecule has 1 aliphatic heterocycles. The van der Waals surface area contributed by atoms with E-state index >= 15 is 0 Å². The first kappa shape index (κ1) is 13.5. The SMILES string of the molecule is CC(C)n1c(N(C)CC2CCCCO2)n[nH]c1=S. The molecule has 5 nitrogen and oxygen atoms in total. The van der Waals surface area contributed by atoms with E-state index < -0.39 is 0 Å². The minimum atomic E-state index is 0.306. The third kappa shape index (κ3) is 2.92. The maximum absolute atomic E-state index is 5.76. The molecule has 1 atom stereocenters. The lowest BCUT2D eigenvalue weighted by molar-refractivity contribution is 0.0213. The largest absolute Gasteiger partial charge is 0.376 e. The zero-order valence-corrected chi connectivity index (χ0v) is 12.2. The van der Waals surface area contributed by atoms with Crippen LogP contribution in [0.25, 0.3) is 0 Å². The number of ether oxygens (including phenoxy) is 1. The highest BCUT2D eigenvalue weighted by atomic mass is 32.1. The van der Waals surface area contributed by atoms with Gasteiger partial charge in [-0.05, 0) is 45.3 Å². The molecule has 6 heteroatoms. The molecule has 18 heavy (non-hydrogen) atoms. The van der Waals surface area contributed by atoms with Crippen LogP contribution in [-0.4, -0.2) is 41.1 Å². The molecule has 0 radical (unpaired) electrons. The van der Waals surface area contributed by atoms with Crippen molar-refractivity contribution in [2.24, 2.45) is 0 Å². The minimum absolute atomic E-state index is 0.306. The van der Waals surface area contributed by atoms with Crippen LogP contribution in [-0.2, 0) is 4.74 Å². The highest BCUT2D eigenvalue weighted by Crippen LogP contribution is 2.19. The monoisotopic (exact) mass is 270 g/mol. The summed E-state index contributed by atoms with van der Waals surface area (Å²) in [5.74, 6) is 0.893. The molecule has 1 aromatic heterocycles. The number of aromatic amines is 1. The molecule has 0 saturated carbocycles.